The van der Waals surface area contributed by atoms with E-state index < -0.39 is 0 Å². The van der Waals surface area contributed by atoms with Crippen LogP contribution in [0.15, 0.2) is 42.5 Å². The number of carbonyl (C=O) groups is 1. The van der Waals surface area contributed by atoms with Crippen molar-refractivity contribution in [3.8, 4) is 17.2 Å². The zero-order chi connectivity index (χ0) is 19.2. The Bertz CT molecular complexity index is 760. The number of rotatable bonds is 6. The van der Waals surface area contributed by atoms with E-state index in [0.29, 0.717) is 42.5 Å². The lowest BCUT2D eigenvalue weighted by molar-refractivity contribution is 0.0708. The Hall–Kier alpha value is -2.44. The summed E-state index contributed by atoms with van der Waals surface area (Å²) in [5.41, 5.74) is 7.54. The molecule has 1 atom stereocenters. The zero-order valence-corrected chi connectivity index (χ0v) is 17.0. The van der Waals surface area contributed by atoms with Gasteiger partial charge in [-0.05, 0) is 30.5 Å². The standard InChI is InChI=1S/C21H26N2O4.ClH/c1-25-18-11-16(21(24)23-10-6-9-17(22)13-23)12-19(26-2)20(18)27-14-15-7-4-3-5-8-15;/h3-5,7-8,11-12,17H,6,9-10,13-14,22H2,1-2H3;1H. The van der Waals surface area contributed by atoms with Crippen LogP contribution in [0, 0.1) is 0 Å². The van der Waals surface area contributed by atoms with Crippen LogP contribution >= 0.6 is 12.4 Å². The fraction of sp³-hybridized carbons (Fsp3) is 0.381. The van der Waals surface area contributed by atoms with Gasteiger partial charge in [0.2, 0.25) is 5.75 Å². The van der Waals surface area contributed by atoms with Crippen LogP contribution in [0.2, 0.25) is 0 Å². The average Bonchev–Trinajstić information content (AvgIpc) is 2.71. The van der Waals surface area contributed by atoms with Crippen LogP contribution in [-0.2, 0) is 6.61 Å². The minimum atomic E-state index is -0.0728. The molecule has 0 spiro atoms. The van der Waals surface area contributed by atoms with Crippen molar-refractivity contribution in [3.05, 3.63) is 53.6 Å². The Balaban J connectivity index is 0.00000280. The zero-order valence-electron chi connectivity index (χ0n) is 16.2. The van der Waals surface area contributed by atoms with Gasteiger partial charge in [0.25, 0.3) is 5.91 Å². The molecule has 28 heavy (non-hydrogen) atoms. The van der Waals surface area contributed by atoms with Gasteiger partial charge in [-0.25, -0.2) is 0 Å². The number of hydrogen-bond acceptors (Lipinski definition) is 5. The third-order valence-electron chi connectivity index (χ3n) is 4.68. The fourth-order valence-corrected chi connectivity index (χ4v) is 3.25. The molecule has 0 saturated carbocycles. The van der Waals surface area contributed by atoms with E-state index in [0.717, 1.165) is 18.4 Å². The first-order valence-electron chi connectivity index (χ1n) is 9.10. The van der Waals surface area contributed by atoms with E-state index >= 15 is 0 Å². The quantitative estimate of drug-likeness (QED) is 0.796. The van der Waals surface area contributed by atoms with Crippen LogP contribution in [0.5, 0.6) is 17.2 Å². The number of amides is 1. The van der Waals surface area contributed by atoms with Gasteiger partial charge in [0.05, 0.1) is 14.2 Å². The summed E-state index contributed by atoms with van der Waals surface area (Å²) >= 11 is 0. The van der Waals surface area contributed by atoms with Crippen molar-refractivity contribution in [1.29, 1.82) is 0 Å². The Morgan fingerprint density at radius 3 is 2.36 bits per heavy atom. The number of hydrogen-bond donors (Lipinski definition) is 1. The Morgan fingerprint density at radius 2 is 1.79 bits per heavy atom. The first-order chi connectivity index (χ1) is 13.1. The SMILES string of the molecule is COc1cc(C(=O)N2CCCC(N)C2)cc(OC)c1OCc1ccccc1.Cl. The molecule has 0 bridgehead atoms. The minimum absolute atomic E-state index is 0. The van der Waals surface area contributed by atoms with Crippen molar-refractivity contribution in [2.45, 2.75) is 25.5 Å². The van der Waals surface area contributed by atoms with Crippen LogP contribution in [0.25, 0.3) is 0 Å². The lowest BCUT2D eigenvalue weighted by Gasteiger charge is -2.31. The summed E-state index contributed by atoms with van der Waals surface area (Å²) in [5, 5.41) is 0. The molecule has 1 unspecified atom stereocenters. The Labute approximate surface area is 172 Å². The Kier molecular flexibility index (Phi) is 7.96. The molecule has 152 valence electrons. The molecule has 2 aromatic rings. The predicted octanol–water partition coefficient (Wildman–Crippen LogP) is 3.27. The number of ether oxygens (including phenoxy) is 3. The van der Waals surface area contributed by atoms with E-state index in [4.69, 9.17) is 19.9 Å². The van der Waals surface area contributed by atoms with Crippen molar-refractivity contribution in [1.82, 2.24) is 4.90 Å². The lowest BCUT2D eigenvalue weighted by Crippen LogP contribution is -2.45. The van der Waals surface area contributed by atoms with E-state index in [-0.39, 0.29) is 24.4 Å². The van der Waals surface area contributed by atoms with Crippen molar-refractivity contribution < 1.29 is 19.0 Å². The highest BCUT2D eigenvalue weighted by Gasteiger charge is 2.25. The van der Waals surface area contributed by atoms with E-state index in [2.05, 4.69) is 0 Å². The molecule has 2 aromatic carbocycles. The molecule has 1 aliphatic rings. The van der Waals surface area contributed by atoms with Crippen LogP contribution in [0.1, 0.15) is 28.8 Å². The van der Waals surface area contributed by atoms with Crippen molar-refractivity contribution in [2.24, 2.45) is 5.73 Å². The summed E-state index contributed by atoms with van der Waals surface area (Å²) < 4.78 is 16.9. The van der Waals surface area contributed by atoms with Crippen LogP contribution in [0.4, 0.5) is 0 Å². The van der Waals surface area contributed by atoms with Gasteiger partial charge in [-0.15, -0.1) is 12.4 Å². The normalized spacial score (nSPS) is 16.1. The highest BCUT2D eigenvalue weighted by Crippen LogP contribution is 2.39. The summed E-state index contributed by atoms with van der Waals surface area (Å²) in [6.45, 7) is 1.65. The van der Waals surface area contributed by atoms with Gasteiger partial charge in [0.15, 0.2) is 11.5 Å². The molecule has 1 heterocycles. The molecular weight excluding hydrogens is 380 g/mol. The maximum Gasteiger partial charge on any atom is 0.254 e. The molecule has 6 nitrogen and oxygen atoms in total. The minimum Gasteiger partial charge on any atom is -0.493 e. The summed E-state index contributed by atoms with van der Waals surface area (Å²) in [6, 6.07) is 13.3. The number of carbonyl (C=O) groups excluding carboxylic acids is 1. The lowest BCUT2D eigenvalue weighted by atomic mass is 10.0. The molecule has 1 aliphatic heterocycles. The largest absolute Gasteiger partial charge is 0.493 e. The van der Waals surface area contributed by atoms with Gasteiger partial charge < -0.3 is 24.8 Å². The molecular formula is C21H27ClN2O4. The van der Waals surface area contributed by atoms with Gasteiger partial charge in [-0.3, -0.25) is 4.79 Å². The molecule has 3 rings (SSSR count). The molecule has 1 fully saturated rings. The summed E-state index contributed by atoms with van der Waals surface area (Å²) in [7, 11) is 3.10. The van der Waals surface area contributed by atoms with Crippen molar-refractivity contribution in [2.75, 3.05) is 27.3 Å². The number of nitrogens with two attached hydrogens (primary N) is 1. The molecule has 1 saturated heterocycles. The van der Waals surface area contributed by atoms with Crippen LogP contribution in [0.3, 0.4) is 0 Å². The maximum atomic E-state index is 12.9. The van der Waals surface area contributed by atoms with Gasteiger partial charge in [0.1, 0.15) is 6.61 Å². The Morgan fingerprint density at radius 1 is 1.14 bits per heavy atom. The first kappa shape index (κ1) is 21.9. The highest BCUT2D eigenvalue weighted by molar-refractivity contribution is 5.95. The number of halogens is 1. The number of nitrogens with zero attached hydrogens (tertiary/aromatic N) is 1. The van der Waals surface area contributed by atoms with Gasteiger partial charge in [-0.1, -0.05) is 30.3 Å². The van der Waals surface area contributed by atoms with Crippen molar-refractivity contribution >= 4 is 18.3 Å². The fourth-order valence-electron chi connectivity index (χ4n) is 3.25. The summed E-state index contributed by atoms with van der Waals surface area (Å²) in [6.07, 6.45) is 1.86. The van der Waals surface area contributed by atoms with Crippen LogP contribution < -0.4 is 19.9 Å². The summed E-state index contributed by atoms with van der Waals surface area (Å²) in [5.74, 6) is 1.34. The number of likely N-dealkylation sites (tertiary alicyclic amines) is 1. The molecule has 2 N–H and O–H groups in total. The number of methoxy groups -OCH3 is 2. The summed E-state index contributed by atoms with van der Waals surface area (Å²) in [4.78, 5) is 14.7. The molecule has 7 heteroatoms. The van der Waals surface area contributed by atoms with Gasteiger partial charge in [0, 0.05) is 24.7 Å². The van der Waals surface area contributed by atoms with E-state index in [1.807, 2.05) is 30.3 Å². The maximum absolute atomic E-state index is 12.9. The molecule has 1 amide bonds. The third-order valence-corrected chi connectivity index (χ3v) is 4.68. The molecule has 0 aromatic heterocycles. The second-order valence-electron chi connectivity index (χ2n) is 6.64. The predicted molar refractivity (Wildman–Crippen MR) is 111 cm³/mol. The monoisotopic (exact) mass is 406 g/mol. The highest BCUT2D eigenvalue weighted by atomic mass is 35.5. The number of benzene rings is 2. The third kappa shape index (κ3) is 5.09. The van der Waals surface area contributed by atoms with Gasteiger partial charge >= 0.3 is 0 Å². The van der Waals surface area contributed by atoms with E-state index in [1.165, 1.54) is 0 Å². The molecule has 0 radical (unpaired) electrons. The van der Waals surface area contributed by atoms with Gasteiger partial charge in [-0.2, -0.15) is 0 Å². The van der Waals surface area contributed by atoms with Crippen LogP contribution in [-0.4, -0.2) is 44.2 Å². The second-order valence-corrected chi connectivity index (χ2v) is 6.64. The second kappa shape index (κ2) is 10.2. The smallest absolute Gasteiger partial charge is 0.254 e. The van der Waals surface area contributed by atoms with E-state index in [9.17, 15) is 4.79 Å². The van der Waals surface area contributed by atoms with Crippen molar-refractivity contribution in [3.63, 3.8) is 0 Å². The molecule has 0 aliphatic carbocycles. The van der Waals surface area contributed by atoms with E-state index in [1.54, 1.807) is 31.3 Å². The topological polar surface area (TPSA) is 74.0 Å². The average molecular weight is 407 g/mol. The first-order valence-corrected chi connectivity index (χ1v) is 9.10. The number of piperidine rings is 1.